The maximum atomic E-state index is 13.1. The highest BCUT2D eigenvalue weighted by Crippen LogP contribution is 2.33. The molecule has 0 N–H and O–H groups in total. The molecule has 0 fully saturated rings. The molecule has 0 aromatic heterocycles. The zero-order chi connectivity index (χ0) is 21.5. The molecule has 3 aromatic rings. The minimum absolute atomic E-state index is 0.144. The van der Waals surface area contributed by atoms with E-state index in [2.05, 4.69) is 83.8 Å². The maximum absolute atomic E-state index is 13.1. The summed E-state index contributed by atoms with van der Waals surface area (Å²) in [7, 11) is 0. The van der Waals surface area contributed by atoms with Crippen molar-refractivity contribution >= 4 is 11.5 Å². The van der Waals surface area contributed by atoms with Gasteiger partial charge in [-0.1, -0.05) is 97.1 Å². The summed E-state index contributed by atoms with van der Waals surface area (Å²) in [5.41, 5.74) is 4.83. The number of carbonyl (C=O) groups excluding carboxylic acids is 1. The Kier molecular flexibility index (Phi) is 6.96. The van der Waals surface area contributed by atoms with Crippen LogP contribution >= 0.6 is 0 Å². The van der Waals surface area contributed by atoms with Crippen molar-refractivity contribution in [2.75, 3.05) is 13.2 Å². The Hall–Kier alpha value is -3.17. The van der Waals surface area contributed by atoms with Crippen LogP contribution in [0.1, 0.15) is 36.0 Å². The zero-order valence-electron chi connectivity index (χ0n) is 18.0. The molecular formula is C28H29NO2. The van der Waals surface area contributed by atoms with Crippen LogP contribution in [0.2, 0.25) is 0 Å². The Bertz CT molecular complexity index is 999. The number of carbonyl (C=O) groups is 1. The quantitative estimate of drug-likeness (QED) is 0.488. The molecule has 3 heteroatoms. The minimum atomic E-state index is -0.319. The third-order valence-corrected chi connectivity index (χ3v) is 5.85. The van der Waals surface area contributed by atoms with Gasteiger partial charge in [-0.05, 0) is 35.6 Å². The lowest BCUT2D eigenvalue weighted by molar-refractivity contribution is -0.149. The molecular weight excluding hydrogens is 382 g/mol. The van der Waals surface area contributed by atoms with E-state index in [-0.39, 0.29) is 17.9 Å². The average molecular weight is 412 g/mol. The van der Waals surface area contributed by atoms with Crippen molar-refractivity contribution in [3.63, 3.8) is 0 Å². The molecule has 1 aliphatic rings. The van der Waals surface area contributed by atoms with Crippen LogP contribution in [0.25, 0.3) is 5.57 Å². The van der Waals surface area contributed by atoms with Crippen molar-refractivity contribution in [1.29, 1.82) is 0 Å². The monoisotopic (exact) mass is 411 g/mol. The van der Waals surface area contributed by atoms with Gasteiger partial charge in [-0.3, -0.25) is 9.69 Å². The van der Waals surface area contributed by atoms with Crippen LogP contribution in [-0.4, -0.2) is 30.1 Å². The lowest BCUT2D eigenvalue weighted by Crippen LogP contribution is -2.42. The van der Waals surface area contributed by atoms with E-state index < -0.39 is 0 Å². The van der Waals surface area contributed by atoms with Crippen LogP contribution in [0.15, 0.2) is 97.1 Å². The molecule has 0 radical (unpaired) electrons. The van der Waals surface area contributed by atoms with E-state index in [0.717, 1.165) is 6.54 Å². The molecule has 0 bridgehead atoms. The first kappa shape index (κ1) is 21.1. The van der Waals surface area contributed by atoms with Gasteiger partial charge in [0.2, 0.25) is 0 Å². The van der Waals surface area contributed by atoms with Gasteiger partial charge in [0.25, 0.3) is 0 Å². The van der Waals surface area contributed by atoms with Gasteiger partial charge in [0.15, 0.2) is 0 Å². The zero-order valence-corrected chi connectivity index (χ0v) is 18.0. The Labute approximate surface area is 185 Å². The van der Waals surface area contributed by atoms with E-state index in [1.807, 2.05) is 25.1 Å². The second-order valence-electron chi connectivity index (χ2n) is 7.96. The summed E-state index contributed by atoms with van der Waals surface area (Å²) in [5, 5.41) is 0. The fourth-order valence-corrected chi connectivity index (χ4v) is 4.31. The number of rotatable bonds is 6. The maximum Gasteiger partial charge on any atom is 0.323 e. The molecule has 158 valence electrons. The van der Waals surface area contributed by atoms with Crippen LogP contribution in [0, 0.1) is 0 Å². The molecule has 0 saturated carbocycles. The Morgan fingerprint density at radius 3 is 2.16 bits per heavy atom. The first-order valence-corrected chi connectivity index (χ1v) is 11.0. The van der Waals surface area contributed by atoms with Crippen molar-refractivity contribution < 1.29 is 9.53 Å². The molecule has 3 aromatic carbocycles. The second kappa shape index (κ2) is 10.2. The number of esters is 1. The molecule has 0 spiro atoms. The SMILES string of the molecule is CCOC(=O)[C@H]1CC(c2ccccc2)=C[C@H](c2ccccc2)CN1Cc1ccccc1. The molecule has 0 amide bonds. The summed E-state index contributed by atoms with van der Waals surface area (Å²) in [5.74, 6) is 0.0496. The number of ether oxygens (including phenoxy) is 1. The predicted molar refractivity (Wildman–Crippen MR) is 125 cm³/mol. The molecule has 31 heavy (non-hydrogen) atoms. The first-order valence-electron chi connectivity index (χ1n) is 11.0. The van der Waals surface area contributed by atoms with E-state index in [4.69, 9.17) is 4.74 Å². The van der Waals surface area contributed by atoms with E-state index in [0.29, 0.717) is 19.6 Å². The molecule has 1 aliphatic heterocycles. The largest absolute Gasteiger partial charge is 0.465 e. The standard InChI is InChI=1S/C28H29NO2/c1-2-31-28(30)27-19-25(23-14-8-4-9-15-23)18-26(24-16-10-5-11-17-24)21-29(27)20-22-12-6-3-7-13-22/h3-18,26-27H,2,19-21H2,1H3/t26-,27+/m0/s1. The molecule has 0 aliphatic carbocycles. The highest BCUT2D eigenvalue weighted by molar-refractivity contribution is 5.80. The normalized spacial score (nSPS) is 19.3. The minimum Gasteiger partial charge on any atom is -0.465 e. The molecule has 0 saturated heterocycles. The van der Waals surface area contributed by atoms with Gasteiger partial charge >= 0.3 is 5.97 Å². The van der Waals surface area contributed by atoms with E-state index in [1.54, 1.807) is 0 Å². The molecule has 3 nitrogen and oxygen atoms in total. The Morgan fingerprint density at radius 1 is 0.903 bits per heavy atom. The van der Waals surface area contributed by atoms with Gasteiger partial charge < -0.3 is 4.74 Å². The topological polar surface area (TPSA) is 29.5 Å². The molecule has 1 heterocycles. The predicted octanol–water partition coefficient (Wildman–Crippen LogP) is 5.69. The smallest absolute Gasteiger partial charge is 0.323 e. The summed E-state index contributed by atoms with van der Waals surface area (Å²) >= 11 is 0. The third-order valence-electron chi connectivity index (χ3n) is 5.85. The van der Waals surface area contributed by atoms with Crippen molar-refractivity contribution in [2.45, 2.75) is 31.8 Å². The summed E-state index contributed by atoms with van der Waals surface area (Å²) in [6.45, 7) is 3.74. The van der Waals surface area contributed by atoms with E-state index in [9.17, 15) is 4.79 Å². The lowest BCUT2D eigenvalue weighted by Gasteiger charge is -2.30. The van der Waals surface area contributed by atoms with Gasteiger partial charge in [-0.25, -0.2) is 0 Å². The molecule has 0 unspecified atom stereocenters. The van der Waals surface area contributed by atoms with E-state index >= 15 is 0 Å². The first-order chi connectivity index (χ1) is 15.2. The molecule has 2 atom stereocenters. The summed E-state index contributed by atoms with van der Waals surface area (Å²) < 4.78 is 5.52. The number of hydrogen-bond donors (Lipinski definition) is 0. The van der Waals surface area contributed by atoms with Crippen molar-refractivity contribution in [2.24, 2.45) is 0 Å². The fourth-order valence-electron chi connectivity index (χ4n) is 4.31. The van der Waals surface area contributed by atoms with Gasteiger partial charge in [-0.15, -0.1) is 0 Å². The van der Waals surface area contributed by atoms with Crippen molar-refractivity contribution in [3.05, 3.63) is 114 Å². The highest BCUT2D eigenvalue weighted by atomic mass is 16.5. The van der Waals surface area contributed by atoms with Gasteiger partial charge in [0, 0.05) is 19.0 Å². The summed E-state index contributed by atoms with van der Waals surface area (Å²) in [6, 6.07) is 31.0. The third kappa shape index (κ3) is 5.31. The van der Waals surface area contributed by atoms with Gasteiger partial charge in [-0.2, -0.15) is 0 Å². The van der Waals surface area contributed by atoms with Gasteiger partial charge in [0.05, 0.1) is 6.61 Å². The summed E-state index contributed by atoms with van der Waals surface area (Å²) in [4.78, 5) is 15.4. The van der Waals surface area contributed by atoms with E-state index in [1.165, 1.54) is 22.3 Å². The fraction of sp³-hybridized carbons (Fsp3) is 0.250. The van der Waals surface area contributed by atoms with Crippen molar-refractivity contribution in [3.8, 4) is 0 Å². The Balaban J connectivity index is 1.74. The van der Waals surface area contributed by atoms with Crippen LogP contribution in [0.5, 0.6) is 0 Å². The average Bonchev–Trinajstić information content (AvgIpc) is 3.01. The number of nitrogens with zero attached hydrogens (tertiary/aromatic N) is 1. The number of benzene rings is 3. The van der Waals surface area contributed by atoms with Crippen molar-refractivity contribution in [1.82, 2.24) is 4.90 Å². The van der Waals surface area contributed by atoms with Crippen LogP contribution in [0.3, 0.4) is 0 Å². The van der Waals surface area contributed by atoms with Crippen LogP contribution in [0.4, 0.5) is 0 Å². The van der Waals surface area contributed by atoms with Crippen LogP contribution in [-0.2, 0) is 16.1 Å². The van der Waals surface area contributed by atoms with Gasteiger partial charge in [0.1, 0.15) is 6.04 Å². The lowest BCUT2D eigenvalue weighted by atomic mass is 9.93. The van der Waals surface area contributed by atoms with Crippen LogP contribution < -0.4 is 0 Å². The summed E-state index contributed by atoms with van der Waals surface area (Å²) in [6.07, 6.45) is 2.99. The highest BCUT2D eigenvalue weighted by Gasteiger charge is 2.33. The number of hydrogen-bond acceptors (Lipinski definition) is 3. The second-order valence-corrected chi connectivity index (χ2v) is 7.96. The Morgan fingerprint density at radius 2 is 1.52 bits per heavy atom. The molecule has 4 rings (SSSR count).